The summed E-state index contributed by atoms with van der Waals surface area (Å²) >= 11 is 0. The summed E-state index contributed by atoms with van der Waals surface area (Å²) in [6.45, 7) is 0. The topological polar surface area (TPSA) is 72.8 Å². The summed E-state index contributed by atoms with van der Waals surface area (Å²) in [4.78, 5) is 9.08. The van der Waals surface area contributed by atoms with Gasteiger partial charge in [0.2, 0.25) is 0 Å². The minimum absolute atomic E-state index is 0.589. The third-order valence-electron chi connectivity index (χ3n) is 7.25. The summed E-state index contributed by atoms with van der Waals surface area (Å²) in [6, 6.07) is 33.9. The molecule has 0 atom stereocenters. The standard InChI is InChI=1S/C36H26N4S2/c37-39-29-21-17-25(18-22-29)31-13-7-15-33(35(31)27-9-3-1-4-10-27)41-42-34-16-8-14-32(26-19-23-30(40-38)24-20-26)36(34)28-11-5-2-6-12-28/h1-21,23H,22,24H2. The van der Waals surface area contributed by atoms with Gasteiger partial charge in [0.1, 0.15) is 0 Å². The van der Waals surface area contributed by atoms with Crippen LogP contribution < -0.4 is 0 Å². The van der Waals surface area contributed by atoms with E-state index < -0.39 is 0 Å². The van der Waals surface area contributed by atoms with Crippen molar-refractivity contribution in [2.45, 2.75) is 22.6 Å². The Labute approximate surface area is 253 Å². The highest BCUT2D eigenvalue weighted by Crippen LogP contribution is 2.48. The van der Waals surface area contributed by atoms with Crippen LogP contribution in [0.15, 0.2) is 143 Å². The van der Waals surface area contributed by atoms with Crippen molar-refractivity contribution < 1.29 is 9.58 Å². The molecule has 2 aliphatic carbocycles. The predicted octanol–water partition coefficient (Wildman–Crippen LogP) is 9.85. The Kier molecular flexibility index (Phi) is 8.41. The maximum absolute atomic E-state index is 9.21. The zero-order valence-electron chi connectivity index (χ0n) is 22.7. The molecule has 42 heavy (non-hydrogen) atoms. The highest BCUT2D eigenvalue weighted by atomic mass is 33.1. The largest absolute Gasteiger partial charge is 0.361 e. The Morgan fingerprint density at radius 2 is 0.905 bits per heavy atom. The highest BCUT2D eigenvalue weighted by Gasteiger charge is 2.20. The lowest BCUT2D eigenvalue weighted by Gasteiger charge is -2.19. The van der Waals surface area contributed by atoms with Gasteiger partial charge in [-0.15, -0.1) is 0 Å². The first-order valence-corrected chi connectivity index (χ1v) is 15.8. The minimum atomic E-state index is 0.589. The fourth-order valence-electron chi connectivity index (χ4n) is 5.20. The maximum Gasteiger partial charge on any atom is 0.295 e. The van der Waals surface area contributed by atoms with Crippen LogP contribution in [0.5, 0.6) is 0 Å². The Balaban J connectivity index is 1.42. The van der Waals surface area contributed by atoms with Crippen molar-refractivity contribution in [3.63, 3.8) is 0 Å². The predicted molar refractivity (Wildman–Crippen MR) is 176 cm³/mol. The van der Waals surface area contributed by atoms with E-state index in [0.717, 1.165) is 33.4 Å². The first-order chi connectivity index (χ1) is 20.7. The number of rotatable bonds is 7. The summed E-state index contributed by atoms with van der Waals surface area (Å²) in [6.07, 6.45) is 13.2. The van der Waals surface area contributed by atoms with Gasteiger partial charge in [-0.3, -0.25) is 0 Å². The molecule has 0 spiro atoms. The molecule has 0 radical (unpaired) electrons. The number of hydrogen-bond donors (Lipinski definition) is 0. The monoisotopic (exact) mass is 578 g/mol. The van der Waals surface area contributed by atoms with Gasteiger partial charge in [-0.25, -0.2) is 0 Å². The zero-order valence-corrected chi connectivity index (χ0v) is 24.4. The van der Waals surface area contributed by atoms with Crippen molar-refractivity contribution in [3.05, 3.63) is 156 Å². The molecule has 0 saturated carbocycles. The molecule has 0 aromatic heterocycles. The SMILES string of the molecule is [N-]=[N+]=C1C=CC(c2cccc(SSc3cccc(C4=CCC(=[N+]=[N-])C=C4)c3-c3ccccc3)c2-c2ccccc2)=CC1. The van der Waals surface area contributed by atoms with Crippen LogP contribution >= 0.6 is 21.6 Å². The first kappa shape index (κ1) is 27.5. The minimum Gasteiger partial charge on any atom is -0.361 e. The molecule has 2 aliphatic rings. The summed E-state index contributed by atoms with van der Waals surface area (Å²) in [5, 5.41) is 0. The van der Waals surface area contributed by atoms with Crippen molar-refractivity contribution in [2.75, 3.05) is 0 Å². The van der Waals surface area contributed by atoms with E-state index >= 15 is 0 Å². The van der Waals surface area contributed by atoms with E-state index in [4.69, 9.17) is 0 Å². The summed E-state index contributed by atoms with van der Waals surface area (Å²) < 4.78 is 0. The third kappa shape index (κ3) is 5.84. The highest BCUT2D eigenvalue weighted by molar-refractivity contribution is 8.76. The van der Waals surface area contributed by atoms with E-state index in [9.17, 15) is 11.1 Å². The zero-order chi connectivity index (χ0) is 28.7. The van der Waals surface area contributed by atoms with Gasteiger partial charge in [-0.1, -0.05) is 119 Å². The molecule has 202 valence electrons. The van der Waals surface area contributed by atoms with Crippen molar-refractivity contribution in [1.29, 1.82) is 0 Å². The number of allylic oxidation sites excluding steroid dienone is 8. The van der Waals surface area contributed by atoms with E-state index in [0.29, 0.717) is 24.3 Å². The fourth-order valence-corrected chi connectivity index (χ4v) is 7.64. The molecule has 0 bridgehead atoms. The fraction of sp³-hybridized carbons (Fsp3) is 0.0556. The lowest BCUT2D eigenvalue weighted by molar-refractivity contribution is -0.00583. The van der Waals surface area contributed by atoms with Gasteiger partial charge in [0.25, 0.3) is 11.4 Å². The van der Waals surface area contributed by atoms with Gasteiger partial charge in [0, 0.05) is 33.1 Å². The molecule has 0 amide bonds. The second-order valence-electron chi connectivity index (χ2n) is 9.83. The van der Waals surface area contributed by atoms with Crippen molar-refractivity contribution in [3.8, 4) is 22.3 Å². The Morgan fingerprint density at radius 3 is 1.26 bits per heavy atom. The van der Waals surface area contributed by atoms with Crippen LogP contribution in [-0.2, 0) is 0 Å². The maximum atomic E-state index is 9.21. The van der Waals surface area contributed by atoms with Crippen molar-refractivity contribution >= 4 is 44.2 Å². The summed E-state index contributed by atoms with van der Waals surface area (Å²) in [5.41, 5.74) is 28.9. The average molecular weight is 579 g/mol. The smallest absolute Gasteiger partial charge is 0.295 e. The Bertz CT molecular complexity index is 1730. The van der Waals surface area contributed by atoms with Gasteiger partial charge in [-0.05, 0) is 57.7 Å². The van der Waals surface area contributed by atoms with Crippen LogP contribution in [0.1, 0.15) is 24.0 Å². The molecule has 0 unspecified atom stereocenters. The molecular weight excluding hydrogens is 553 g/mol. The molecule has 0 aliphatic heterocycles. The van der Waals surface area contributed by atoms with Gasteiger partial charge in [0.15, 0.2) is 0 Å². The van der Waals surface area contributed by atoms with E-state index in [1.165, 1.54) is 20.9 Å². The quantitative estimate of drug-likeness (QED) is 0.124. The van der Waals surface area contributed by atoms with Gasteiger partial charge in [-0.2, -0.15) is 9.58 Å². The lowest BCUT2D eigenvalue weighted by atomic mass is 9.91. The summed E-state index contributed by atoms with van der Waals surface area (Å²) in [5.74, 6) is 0. The molecule has 6 rings (SSSR count). The number of nitrogens with zero attached hydrogens (tertiary/aromatic N) is 4. The van der Waals surface area contributed by atoms with Crippen LogP contribution in [0.3, 0.4) is 0 Å². The summed E-state index contributed by atoms with van der Waals surface area (Å²) in [7, 11) is 3.52. The van der Waals surface area contributed by atoms with E-state index in [-0.39, 0.29) is 0 Å². The van der Waals surface area contributed by atoms with E-state index in [2.05, 4.69) is 107 Å². The van der Waals surface area contributed by atoms with Crippen LogP contribution in [0.25, 0.3) is 44.5 Å². The molecule has 0 heterocycles. The molecule has 4 aromatic rings. The van der Waals surface area contributed by atoms with Crippen LogP contribution in [-0.4, -0.2) is 21.0 Å². The molecule has 0 fully saturated rings. The van der Waals surface area contributed by atoms with E-state index in [1.54, 1.807) is 21.6 Å². The molecule has 0 saturated heterocycles. The molecule has 4 nitrogen and oxygen atoms in total. The lowest BCUT2D eigenvalue weighted by Crippen LogP contribution is -2.00. The number of hydrogen-bond acceptors (Lipinski definition) is 2. The van der Waals surface area contributed by atoms with Crippen LogP contribution in [0.4, 0.5) is 0 Å². The van der Waals surface area contributed by atoms with Crippen molar-refractivity contribution in [1.82, 2.24) is 0 Å². The molecule has 0 N–H and O–H groups in total. The van der Waals surface area contributed by atoms with E-state index in [1.807, 2.05) is 36.4 Å². The van der Waals surface area contributed by atoms with Crippen molar-refractivity contribution in [2.24, 2.45) is 0 Å². The van der Waals surface area contributed by atoms with Gasteiger partial charge >= 0.3 is 0 Å². The van der Waals surface area contributed by atoms with Gasteiger partial charge in [0.05, 0.1) is 12.8 Å². The second-order valence-corrected chi connectivity index (χ2v) is 12.0. The normalized spacial score (nSPS) is 14.2. The molecular formula is C36H26N4S2. The average Bonchev–Trinajstić information content (AvgIpc) is 3.08. The first-order valence-electron chi connectivity index (χ1n) is 13.7. The molecule has 4 aromatic carbocycles. The second kappa shape index (κ2) is 12.9. The third-order valence-corrected chi connectivity index (χ3v) is 9.70. The number of benzene rings is 4. The Morgan fingerprint density at radius 1 is 0.476 bits per heavy atom. The molecule has 6 heteroatoms. The van der Waals surface area contributed by atoms with Gasteiger partial charge < -0.3 is 11.1 Å². The van der Waals surface area contributed by atoms with Crippen LogP contribution in [0, 0.1) is 0 Å². The Hall–Kier alpha value is -4.70. The van der Waals surface area contributed by atoms with Crippen LogP contribution in [0.2, 0.25) is 0 Å².